The average molecular weight is 454 g/mol. The Balaban J connectivity index is 1.91. The van der Waals surface area contributed by atoms with Gasteiger partial charge in [0.1, 0.15) is 5.78 Å². The molecule has 0 radical (unpaired) electrons. The first-order valence-electron chi connectivity index (χ1n) is 7.88. The lowest BCUT2D eigenvalue weighted by Gasteiger charge is -2.27. The Morgan fingerprint density at radius 1 is 0.833 bits per heavy atom. The van der Waals surface area contributed by atoms with Crippen molar-refractivity contribution in [1.29, 1.82) is 0 Å². The number of ketones is 1. The highest BCUT2D eigenvalue weighted by atomic mass is 79.9. The average Bonchev–Trinajstić information content (AvgIpc) is 3.41. The van der Waals surface area contributed by atoms with Crippen LogP contribution in [-0.4, -0.2) is 16.0 Å². The summed E-state index contributed by atoms with van der Waals surface area (Å²) >= 11 is 6.73. The van der Waals surface area contributed by atoms with Crippen LogP contribution in [0, 0.1) is 11.8 Å². The first-order chi connectivity index (χ1) is 11.5. The number of aliphatic hydroxyl groups is 2. The first-order valence-corrected chi connectivity index (χ1v) is 9.47. The van der Waals surface area contributed by atoms with Gasteiger partial charge in [-0.05, 0) is 48.2 Å². The summed E-state index contributed by atoms with van der Waals surface area (Å²) in [6, 6.07) is 14.4. The molecule has 2 N–H and O–H groups in total. The molecule has 0 heterocycles. The molecule has 0 amide bonds. The molecule has 5 heteroatoms. The molecule has 2 atom stereocenters. The minimum Gasteiger partial charge on any atom is -0.388 e. The van der Waals surface area contributed by atoms with Crippen molar-refractivity contribution in [2.24, 2.45) is 11.8 Å². The van der Waals surface area contributed by atoms with E-state index in [1.54, 1.807) is 24.3 Å². The lowest BCUT2D eigenvalue weighted by atomic mass is 9.82. The Bertz CT molecular complexity index is 657. The largest absolute Gasteiger partial charge is 0.388 e. The number of carbonyl (C=O) groups is 1. The van der Waals surface area contributed by atoms with Crippen molar-refractivity contribution in [3.63, 3.8) is 0 Å². The predicted octanol–water partition coefficient (Wildman–Crippen LogP) is 4.57. The van der Waals surface area contributed by atoms with Crippen LogP contribution in [0.25, 0.3) is 0 Å². The van der Waals surface area contributed by atoms with Gasteiger partial charge in [-0.25, -0.2) is 0 Å². The molecule has 126 valence electrons. The zero-order chi connectivity index (χ0) is 17.3. The number of benzene rings is 2. The normalized spacial score (nSPS) is 16.9. The van der Waals surface area contributed by atoms with Gasteiger partial charge >= 0.3 is 0 Å². The summed E-state index contributed by atoms with van der Waals surface area (Å²) in [6.07, 6.45) is -0.389. The van der Waals surface area contributed by atoms with Crippen LogP contribution in [0.4, 0.5) is 0 Å². The van der Waals surface area contributed by atoms with E-state index >= 15 is 0 Å². The Hall–Kier alpha value is -1.01. The van der Waals surface area contributed by atoms with E-state index in [1.165, 1.54) is 0 Å². The third-order valence-electron chi connectivity index (χ3n) is 4.41. The monoisotopic (exact) mass is 452 g/mol. The van der Waals surface area contributed by atoms with Crippen LogP contribution < -0.4 is 0 Å². The zero-order valence-electron chi connectivity index (χ0n) is 12.9. The summed E-state index contributed by atoms with van der Waals surface area (Å²) in [5.41, 5.74) is 1.27. The smallest absolute Gasteiger partial charge is 0.144 e. The minimum absolute atomic E-state index is 0.0369. The molecule has 24 heavy (non-hydrogen) atoms. The molecule has 1 saturated carbocycles. The lowest BCUT2D eigenvalue weighted by Crippen LogP contribution is -2.30. The number of Topliss-reactive ketones (excluding diaryl/α,β-unsaturated/α-hetero) is 1. The van der Waals surface area contributed by atoms with Crippen molar-refractivity contribution < 1.29 is 15.0 Å². The first kappa shape index (κ1) is 17.8. The van der Waals surface area contributed by atoms with Crippen LogP contribution in [0.3, 0.4) is 0 Å². The van der Waals surface area contributed by atoms with Crippen LogP contribution in [0.5, 0.6) is 0 Å². The van der Waals surface area contributed by atoms with E-state index in [-0.39, 0.29) is 11.7 Å². The highest BCUT2D eigenvalue weighted by molar-refractivity contribution is 9.10. The van der Waals surface area contributed by atoms with Gasteiger partial charge in [0.15, 0.2) is 0 Å². The zero-order valence-corrected chi connectivity index (χ0v) is 16.1. The third-order valence-corrected chi connectivity index (χ3v) is 5.47. The highest BCUT2D eigenvalue weighted by Crippen LogP contribution is 2.41. The second-order valence-corrected chi connectivity index (χ2v) is 8.03. The lowest BCUT2D eigenvalue weighted by molar-refractivity contribution is -0.133. The van der Waals surface area contributed by atoms with Crippen molar-refractivity contribution in [3.05, 3.63) is 68.6 Å². The second-order valence-electron chi connectivity index (χ2n) is 6.20. The van der Waals surface area contributed by atoms with E-state index in [9.17, 15) is 15.0 Å². The summed E-state index contributed by atoms with van der Waals surface area (Å²) in [5.74, 6) is -0.953. The van der Waals surface area contributed by atoms with Crippen LogP contribution in [-0.2, 0) is 4.79 Å². The molecule has 3 nitrogen and oxygen atoms in total. The van der Waals surface area contributed by atoms with Gasteiger partial charge < -0.3 is 10.2 Å². The number of aliphatic hydroxyl groups excluding tert-OH is 2. The Labute approximate surface area is 158 Å². The molecule has 0 aromatic heterocycles. The van der Waals surface area contributed by atoms with Gasteiger partial charge in [0, 0.05) is 14.9 Å². The van der Waals surface area contributed by atoms with Gasteiger partial charge in [0.05, 0.1) is 18.1 Å². The topological polar surface area (TPSA) is 57.5 Å². The van der Waals surface area contributed by atoms with Crippen molar-refractivity contribution in [2.45, 2.75) is 25.0 Å². The van der Waals surface area contributed by atoms with Gasteiger partial charge in [0.25, 0.3) is 0 Å². The van der Waals surface area contributed by atoms with Crippen LogP contribution >= 0.6 is 31.9 Å². The van der Waals surface area contributed by atoms with Gasteiger partial charge in [-0.1, -0.05) is 56.1 Å². The second kappa shape index (κ2) is 7.48. The Kier molecular flexibility index (Phi) is 5.55. The van der Waals surface area contributed by atoms with E-state index in [0.717, 1.165) is 21.8 Å². The molecule has 2 aromatic rings. The Morgan fingerprint density at radius 2 is 1.21 bits per heavy atom. The molecule has 3 rings (SSSR count). The van der Waals surface area contributed by atoms with E-state index in [0.29, 0.717) is 11.1 Å². The minimum atomic E-state index is -1.04. The highest BCUT2D eigenvalue weighted by Gasteiger charge is 2.42. The summed E-state index contributed by atoms with van der Waals surface area (Å²) in [6.45, 7) is 0. The van der Waals surface area contributed by atoms with Crippen LogP contribution in [0.15, 0.2) is 57.5 Å². The fourth-order valence-electron chi connectivity index (χ4n) is 2.86. The number of hydrogen-bond donors (Lipinski definition) is 2. The molecular formula is C19H18Br2O3. The maximum atomic E-state index is 12.7. The molecule has 2 aromatic carbocycles. The van der Waals surface area contributed by atoms with Gasteiger partial charge in [-0.15, -0.1) is 0 Å². The molecular weight excluding hydrogens is 436 g/mol. The summed E-state index contributed by atoms with van der Waals surface area (Å²) < 4.78 is 1.80. The van der Waals surface area contributed by atoms with Gasteiger partial charge in [-0.2, -0.15) is 0 Å². The van der Waals surface area contributed by atoms with Crippen molar-refractivity contribution in [1.82, 2.24) is 0 Å². The molecule has 0 bridgehead atoms. The Morgan fingerprint density at radius 3 is 1.54 bits per heavy atom. The molecule has 0 saturated heterocycles. The molecule has 1 fully saturated rings. The van der Waals surface area contributed by atoms with Crippen molar-refractivity contribution in [3.8, 4) is 0 Å². The fraction of sp³-hybridized carbons (Fsp3) is 0.316. The van der Waals surface area contributed by atoms with E-state index < -0.39 is 18.1 Å². The molecule has 0 spiro atoms. The number of rotatable bonds is 6. The van der Waals surface area contributed by atoms with Crippen molar-refractivity contribution in [2.75, 3.05) is 0 Å². The summed E-state index contributed by atoms with van der Waals surface area (Å²) in [7, 11) is 0. The predicted molar refractivity (Wildman–Crippen MR) is 99.4 cm³/mol. The van der Waals surface area contributed by atoms with E-state index in [2.05, 4.69) is 31.9 Å². The maximum absolute atomic E-state index is 12.7. The molecule has 0 aliphatic heterocycles. The van der Waals surface area contributed by atoms with E-state index in [4.69, 9.17) is 0 Å². The number of carbonyl (C=O) groups excluding carboxylic acids is 1. The van der Waals surface area contributed by atoms with Crippen LogP contribution in [0.1, 0.15) is 36.2 Å². The molecule has 1 aliphatic carbocycles. The van der Waals surface area contributed by atoms with E-state index in [1.807, 2.05) is 24.3 Å². The fourth-order valence-corrected chi connectivity index (χ4v) is 3.39. The number of hydrogen-bond acceptors (Lipinski definition) is 3. The summed E-state index contributed by atoms with van der Waals surface area (Å²) in [5, 5.41) is 21.6. The number of halogens is 2. The molecule has 0 unspecified atom stereocenters. The molecule has 1 aliphatic rings. The van der Waals surface area contributed by atoms with Gasteiger partial charge in [0.2, 0.25) is 0 Å². The van der Waals surface area contributed by atoms with Gasteiger partial charge in [-0.3, -0.25) is 4.79 Å². The van der Waals surface area contributed by atoms with Crippen molar-refractivity contribution >= 4 is 37.6 Å². The standard InChI is InChI=1S/C19H18Br2O3/c20-14-7-3-12(4-8-14)18(23)16(17(22)11-1-2-11)19(24)13-5-9-15(21)10-6-13/h3-11,16,18-19,23-24H,1-2H2/t18-,19-/m1/s1. The third kappa shape index (κ3) is 3.97. The quantitative estimate of drug-likeness (QED) is 0.673. The SMILES string of the molecule is O=C(C1CC1)C([C@H](O)c1ccc(Br)cc1)[C@H](O)c1ccc(Br)cc1. The van der Waals surface area contributed by atoms with Crippen LogP contribution in [0.2, 0.25) is 0 Å². The summed E-state index contributed by atoms with van der Waals surface area (Å²) in [4.78, 5) is 12.7. The maximum Gasteiger partial charge on any atom is 0.144 e.